The molecule has 0 radical (unpaired) electrons. The van der Waals surface area contributed by atoms with Crippen LogP contribution in [-0.2, 0) is 9.84 Å². The first kappa shape index (κ1) is 16.2. The minimum Gasteiger partial charge on any atom is -0.366 e. The Hall–Kier alpha value is -1.67. The summed E-state index contributed by atoms with van der Waals surface area (Å²) in [4.78, 5) is 15.1. The van der Waals surface area contributed by atoms with Crippen molar-refractivity contribution in [1.29, 1.82) is 0 Å². The largest absolute Gasteiger partial charge is 0.366 e. The number of piperidine rings is 1. The fraction of sp³-hybridized carbons (Fsp3) is 0.600. The predicted molar refractivity (Wildman–Crippen MR) is 88.6 cm³/mol. The maximum Gasteiger partial charge on any atom is 0.292 e. The topological polar surface area (TPSA) is 83.8 Å². The van der Waals surface area contributed by atoms with E-state index in [0.29, 0.717) is 24.8 Å². The van der Waals surface area contributed by atoms with Crippen LogP contribution in [-0.4, -0.2) is 62.0 Å². The zero-order valence-electron chi connectivity index (χ0n) is 12.9. The Kier molecular flexibility index (Phi) is 4.54. The lowest BCUT2D eigenvalue weighted by molar-refractivity contribution is -0.384. The third kappa shape index (κ3) is 3.64. The Morgan fingerprint density at radius 1 is 1.04 bits per heavy atom. The number of nitro benzene ring substituents is 1. The van der Waals surface area contributed by atoms with Crippen LogP contribution < -0.4 is 4.90 Å². The van der Waals surface area contributed by atoms with Gasteiger partial charge in [-0.1, -0.05) is 12.1 Å². The van der Waals surface area contributed by atoms with E-state index in [1.807, 2.05) is 6.07 Å². The molecule has 0 atom stereocenters. The van der Waals surface area contributed by atoms with Crippen molar-refractivity contribution in [2.45, 2.75) is 18.9 Å². The number of benzene rings is 1. The van der Waals surface area contributed by atoms with Crippen LogP contribution in [0.25, 0.3) is 0 Å². The van der Waals surface area contributed by atoms with Gasteiger partial charge in [-0.05, 0) is 18.9 Å². The third-order valence-electron chi connectivity index (χ3n) is 4.78. The molecule has 2 aliphatic rings. The van der Waals surface area contributed by atoms with Gasteiger partial charge in [0, 0.05) is 38.3 Å². The first-order valence-corrected chi connectivity index (χ1v) is 9.71. The molecule has 0 saturated carbocycles. The Morgan fingerprint density at radius 2 is 1.65 bits per heavy atom. The monoisotopic (exact) mass is 339 g/mol. The first-order valence-electron chi connectivity index (χ1n) is 7.89. The highest BCUT2D eigenvalue weighted by Crippen LogP contribution is 2.30. The summed E-state index contributed by atoms with van der Waals surface area (Å²) < 4.78 is 23.0. The van der Waals surface area contributed by atoms with Gasteiger partial charge < -0.3 is 4.90 Å². The van der Waals surface area contributed by atoms with Crippen LogP contribution in [0.3, 0.4) is 0 Å². The standard InChI is InChI=1S/C15H21N3O4S/c19-18(20)15-4-2-1-3-14(15)17-7-5-13(6-8-17)16-9-11-23(21,22)12-10-16/h1-4,13H,5-12H2. The molecule has 3 rings (SSSR count). The molecule has 0 N–H and O–H groups in total. The fourth-order valence-electron chi connectivity index (χ4n) is 3.45. The lowest BCUT2D eigenvalue weighted by Crippen LogP contribution is -2.50. The quantitative estimate of drug-likeness (QED) is 0.609. The van der Waals surface area contributed by atoms with Crippen LogP contribution in [0.5, 0.6) is 0 Å². The molecule has 2 fully saturated rings. The van der Waals surface area contributed by atoms with Crippen molar-refractivity contribution >= 4 is 21.2 Å². The van der Waals surface area contributed by atoms with Gasteiger partial charge in [-0.2, -0.15) is 0 Å². The van der Waals surface area contributed by atoms with Crippen LogP contribution in [0.1, 0.15) is 12.8 Å². The molecule has 0 bridgehead atoms. The average molecular weight is 339 g/mol. The second-order valence-corrected chi connectivity index (χ2v) is 8.46. The third-order valence-corrected chi connectivity index (χ3v) is 6.39. The normalized spacial score (nSPS) is 22.9. The Morgan fingerprint density at radius 3 is 2.26 bits per heavy atom. The number of hydrogen-bond donors (Lipinski definition) is 0. The number of rotatable bonds is 3. The van der Waals surface area contributed by atoms with Gasteiger partial charge in [0.15, 0.2) is 9.84 Å². The molecule has 1 aromatic rings. The predicted octanol–water partition coefficient (Wildman–Crippen LogP) is 1.29. The SMILES string of the molecule is O=[N+]([O-])c1ccccc1N1CCC(N2CCS(=O)(=O)CC2)CC1. The summed E-state index contributed by atoms with van der Waals surface area (Å²) in [6.07, 6.45) is 1.82. The molecule has 2 saturated heterocycles. The van der Waals surface area contributed by atoms with Crippen LogP contribution in [0.4, 0.5) is 11.4 Å². The summed E-state index contributed by atoms with van der Waals surface area (Å²) in [5.74, 6) is 0.495. The average Bonchev–Trinajstić information content (AvgIpc) is 2.55. The summed E-state index contributed by atoms with van der Waals surface area (Å²) in [6, 6.07) is 7.22. The van der Waals surface area contributed by atoms with Crippen molar-refractivity contribution in [2.75, 3.05) is 42.6 Å². The van der Waals surface area contributed by atoms with E-state index in [1.54, 1.807) is 12.1 Å². The lowest BCUT2D eigenvalue weighted by Gasteiger charge is -2.40. The molecule has 0 amide bonds. The maximum atomic E-state index is 11.5. The smallest absolute Gasteiger partial charge is 0.292 e. The van der Waals surface area contributed by atoms with Gasteiger partial charge in [0.1, 0.15) is 5.69 Å². The lowest BCUT2D eigenvalue weighted by atomic mass is 10.0. The summed E-state index contributed by atoms with van der Waals surface area (Å²) >= 11 is 0. The molecule has 126 valence electrons. The van der Waals surface area contributed by atoms with Crippen molar-refractivity contribution in [2.24, 2.45) is 0 Å². The molecule has 2 aliphatic heterocycles. The van der Waals surface area contributed by atoms with Gasteiger partial charge in [0.25, 0.3) is 5.69 Å². The zero-order chi connectivity index (χ0) is 16.4. The van der Waals surface area contributed by atoms with E-state index in [-0.39, 0.29) is 22.1 Å². The Bertz CT molecular complexity index is 670. The van der Waals surface area contributed by atoms with Crippen molar-refractivity contribution < 1.29 is 13.3 Å². The number of para-hydroxylation sites is 2. The number of nitro groups is 1. The molecule has 0 spiro atoms. The summed E-state index contributed by atoms with van der Waals surface area (Å²) in [7, 11) is -2.85. The second kappa shape index (κ2) is 6.45. The van der Waals surface area contributed by atoms with Crippen LogP contribution in [0.2, 0.25) is 0 Å². The van der Waals surface area contributed by atoms with E-state index in [1.165, 1.54) is 6.07 Å². The molecule has 8 heteroatoms. The van der Waals surface area contributed by atoms with Crippen molar-refractivity contribution in [3.8, 4) is 0 Å². The first-order chi connectivity index (χ1) is 11.0. The van der Waals surface area contributed by atoms with Crippen LogP contribution in [0, 0.1) is 10.1 Å². The van der Waals surface area contributed by atoms with Gasteiger partial charge in [0.05, 0.1) is 16.4 Å². The fourth-order valence-corrected chi connectivity index (χ4v) is 4.68. The summed E-state index contributed by atoms with van der Waals surface area (Å²) in [6.45, 7) is 2.74. The van der Waals surface area contributed by atoms with Gasteiger partial charge in [0.2, 0.25) is 0 Å². The Balaban J connectivity index is 1.62. The van der Waals surface area contributed by atoms with E-state index < -0.39 is 9.84 Å². The molecule has 1 aromatic carbocycles. The second-order valence-electron chi connectivity index (χ2n) is 6.15. The number of sulfone groups is 1. The molecule has 0 aliphatic carbocycles. The van der Waals surface area contributed by atoms with Gasteiger partial charge >= 0.3 is 0 Å². The molecule has 23 heavy (non-hydrogen) atoms. The molecule has 0 unspecified atom stereocenters. The zero-order valence-corrected chi connectivity index (χ0v) is 13.7. The van der Waals surface area contributed by atoms with E-state index in [0.717, 1.165) is 25.9 Å². The number of anilines is 1. The van der Waals surface area contributed by atoms with Gasteiger partial charge in [-0.3, -0.25) is 15.0 Å². The number of hydrogen-bond acceptors (Lipinski definition) is 6. The van der Waals surface area contributed by atoms with Crippen molar-refractivity contribution in [3.05, 3.63) is 34.4 Å². The van der Waals surface area contributed by atoms with Crippen LogP contribution >= 0.6 is 0 Å². The van der Waals surface area contributed by atoms with E-state index in [2.05, 4.69) is 9.80 Å². The number of nitrogens with zero attached hydrogens (tertiary/aromatic N) is 3. The van der Waals surface area contributed by atoms with E-state index in [9.17, 15) is 18.5 Å². The van der Waals surface area contributed by atoms with Gasteiger partial charge in [-0.15, -0.1) is 0 Å². The minimum atomic E-state index is -2.85. The van der Waals surface area contributed by atoms with E-state index >= 15 is 0 Å². The molecule has 2 heterocycles. The van der Waals surface area contributed by atoms with Crippen molar-refractivity contribution in [3.63, 3.8) is 0 Å². The van der Waals surface area contributed by atoms with Crippen LogP contribution in [0.15, 0.2) is 24.3 Å². The minimum absolute atomic E-state index is 0.148. The Labute approximate surface area is 136 Å². The molecular formula is C15H21N3O4S. The summed E-state index contributed by atoms with van der Waals surface area (Å²) in [5.41, 5.74) is 0.826. The molecule has 7 nitrogen and oxygen atoms in total. The highest BCUT2D eigenvalue weighted by molar-refractivity contribution is 7.91. The summed E-state index contributed by atoms with van der Waals surface area (Å²) in [5, 5.41) is 11.2. The van der Waals surface area contributed by atoms with E-state index in [4.69, 9.17) is 0 Å². The highest BCUT2D eigenvalue weighted by Gasteiger charge is 2.31. The molecular weight excluding hydrogens is 318 g/mol. The maximum absolute atomic E-state index is 11.5. The van der Waals surface area contributed by atoms with Crippen molar-refractivity contribution in [1.82, 2.24) is 4.90 Å². The molecule has 0 aromatic heterocycles. The highest BCUT2D eigenvalue weighted by atomic mass is 32.2. The van der Waals surface area contributed by atoms with Gasteiger partial charge in [-0.25, -0.2) is 8.42 Å².